The predicted molar refractivity (Wildman–Crippen MR) is 76.5 cm³/mol. The molecule has 3 heteroatoms. The van der Waals surface area contributed by atoms with Gasteiger partial charge in [-0.05, 0) is 48.9 Å². The van der Waals surface area contributed by atoms with Crippen molar-refractivity contribution in [3.05, 3.63) is 27.8 Å². The Balaban J connectivity index is 2.12. The quantitative estimate of drug-likeness (QED) is 0.738. The Morgan fingerprint density at radius 3 is 2.25 bits per heavy atom. The van der Waals surface area contributed by atoms with Crippen molar-refractivity contribution < 1.29 is 14.3 Å². The van der Waals surface area contributed by atoms with E-state index in [1.807, 2.05) is 0 Å². The molecular formula is C17H20O3. The van der Waals surface area contributed by atoms with Crippen LogP contribution in [-0.4, -0.2) is 18.2 Å². The number of hydrogen-bond acceptors (Lipinski definition) is 3. The average molecular weight is 272 g/mol. The van der Waals surface area contributed by atoms with Gasteiger partial charge in [0.1, 0.15) is 17.3 Å². The molecule has 1 heterocycles. The number of ether oxygens (including phenoxy) is 1. The lowest BCUT2D eigenvalue weighted by Crippen LogP contribution is -2.23. The highest BCUT2D eigenvalue weighted by Gasteiger charge is 2.31. The largest absolute Gasteiger partial charge is 0.493 e. The second-order valence-corrected chi connectivity index (χ2v) is 6.05. The highest BCUT2D eigenvalue weighted by Crippen LogP contribution is 2.42. The fraction of sp³-hybridized carbons (Fsp3) is 0.529. The van der Waals surface area contributed by atoms with Crippen LogP contribution in [0.4, 0.5) is 0 Å². The van der Waals surface area contributed by atoms with Crippen LogP contribution in [0.25, 0.3) is 0 Å². The molecule has 2 aliphatic rings. The van der Waals surface area contributed by atoms with Crippen LogP contribution in [0.2, 0.25) is 0 Å². The maximum Gasteiger partial charge on any atom is 0.140 e. The van der Waals surface area contributed by atoms with Crippen molar-refractivity contribution in [1.82, 2.24) is 0 Å². The van der Waals surface area contributed by atoms with Gasteiger partial charge in [0.2, 0.25) is 0 Å². The molecular weight excluding hydrogens is 252 g/mol. The molecule has 0 unspecified atom stereocenters. The van der Waals surface area contributed by atoms with Gasteiger partial charge in [-0.15, -0.1) is 0 Å². The minimum Gasteiger partial charge on any atom is -0.493 e. The summed E-state index contributed by atoms with van der Waals surface area (Å²) in [5.41, 5.74) is 6.08. The summed E-state index contributed by atoms with van der Waals surface area (Å²) in [6, 6.07) is 0. The highest BCUT2D eigenvalue weighted by atomic mass is 16.5. The van der Waals surface area contributed by atoms with Crippen molar-refractivity contribution in [3.8, 4) is 5.75 Å². The van der Waals surface area contributed by atoms with E-state index in [0.717, 1.165) is 18.8 Å². The Bertz CT molecular complexity index is 597. The van der Waals surface area contributed by atoms with Crippen LogP contribution in [0.15, 0.2) is 0 Å². The summed E-state index contributed by atoms with van der Waals surface area (Å²) in [5, 5.41) is 0. The molecule has 0 N–H and O–H groups in total. The Morgan fingerprint density at radius 2 is 1.60 bits per heavy atom. The molecule has 0 radical (unpaired) electrons. The Hall–Kier alpha value is -1.64. The summed E-state index contributed by atoms with van der Waals surface area (Å²) in [6.07, 6.45) is 2.07. The van der Waals surface area contributed by atoms with E-state index in [0.29, 0.717) is 12.8 Å². The molecule has 106 valence electrons. The van der Waals surface area contributed by atoms with Gasteiger partial charge in [-0.25, -0.2) is 0 Å². The van der Waals surface area contributed by atoms with E-state index in [2.05, 4.69) is 20.8 Å². The maximum atomic E-state index is 11.8. The van der Waals surface area contributed by atoms with Crippen molar-refractivity contribution in [2.24, 2.45) is 0 Å². The van der Waals surface area contributed by atoms with Gasteiger partial charge in [0.25, 0.3) is 0 Å². The standard InChI is InChI=1S/C17H20O3/c1-9-10(2)17-15(4-5-20-17)11(3)16(9)12-6-13(18)8-14(19)7-12/h12H,4-8H2,1-3H3. The number of fused-ring (bicyclic) bond motifs is 1. The number of hydrogen-bond donors (Lipinski definition) is 0. The van der Waals surface area contributed by atoms with Crippen molar-refractivity contribution in [3.63, 3.8) is 0 Å². The van der Waals surface area contributed by atoms with Crippen LogP contribution in [-0.2, 0) is 16.0 Å². The lowest BCUT2D eigenvalue weighted by molar-refractivity contribution is -0.130. The Labute approximate surface area is 119 Å². The van der Waals surface area contributed by atoms with Crippen molar-refractivity contribution in [2.45, 2.75) is 52.4 Å². The maximum absolute atomic E-state index is 11.8. The monoisotopic (exact) mass is 272 g/mol. The van der Waals surface area contributed by atoms with Crippen molar-refractivity contribution in [2.75, 3.05) is 6.61 Å². The second kappa shape index (κ2) is 4.72. The summed E-state index contributed by atoms with van der Waals surface area (Å²) in [7, 11) is 0. The molecule has 1 aromatic rings. The summed E-state index contributed by atoms with van der Waals surface area (Å²) in [6.45, 7) is 7.01. The fourth-order valence-corrected chi connectivity index (χ4v) is 3.77. The van der Waals surface area contributed by atoms with Gasteiger partial charge < -0.3 is 4.74 Å². The van der Waals surface area contributed by atoms with Crippen LogP contribution in [0.3, 0.4) is 0 Å². The molecule has 0 saturated heterocycles. The zero-order valence-corrected chi connectivity index (χ0v) is 12.3. The molecule has 1 saturated carbocycles. The molecule has 1 fully saturated rings. The van der Waals surface area contributed by atoms with Crippen LogP contribution in [0, 0.1) is 20.8 Å². The van der Waals surface area contributed by atoms with Gasteiger partial charge in [-0.1, -0.05) is 0 Å². The number of Topliss-reactive ketones (excluding diaryl/α,β-unsaturated/α-hetero) is 2. The van der Waals surface area contributed by atoms with Gasteiger partial charge >= 0.3 is 0 Å². The first-order valence-electron chi connectivity index (χ1n) is 7.27. The minimum absolute atomic E-state index is 0.0633. The van der Waals surface area contributed by atoms with Gasteiger partial charge in [0, 0.05) is 24.8 Å². The third-order valence-electron chi connectivity index (χ3n) is 4.79. The molecule has 0 bridgehead atoms. The number of rotatable bonds is 1. The van der Waals surface area contributed by atoms with E-state index in [1.54, 1.807) is 0 Å². The van der Waals surface area contributed by atoms with E-state index in [9.17, 15) is 9.59 Å². The molecule has 0 amide bonds. The molecule has 3 rings (SSSR count). The van der Waals surface area contributed by atoms with E-state index < -0.39 is 0 Å². The van der Waals surface area contributed by atoms with Crippen LogP contribution < -0.4 is 4.74 Å². The summed E-state index contributed by atoms with van der Waals surface area (Å²) in [5.74, 6) is 1.25. The predicted octanol–water partition coefficient (Wildman–Crippen LogP) is 2.95. The van der Waals surface area contributed by atoms with Crippen molar-refractivity contribution in [1.29, 1.82) is 0 Å². The number of carbonyl (C=O) groups excluding carboxylic acids is 2. The zero-order valence-electron chi connectivity index (χ0n) is 12.3. The van der Waals surface area contributed by atoms with E-state index in [-0.39, 0.29) is 23.9 Å². The normalized spacial score (nSPS) is 19.1. The number of benzene rings is 1. The zero-order chi connectivity index (χ0) is 14.4. The van der Waals surface area contributed by atoms with Crippen LogP contribution in [0.1, 0.15) is 53.0 Å². The number of ketones is 2. The first kappa shape index (κ1) is 13.3. The highest BCUT2D eigenvalue weighted by molar-refractivity contribution is 6.02. The minimum atomic E-state index is 0.0633. The smallest absolute Gasteiger partial charge is 0.140 e. The fourth-order valence-electron chi connectivity index (χ4n) is 3.77. The van der Waals surface area contributed by atoms with Gasteiger partial charge in [-0.3, -0.25) is 9.59 Å². The van der Waals surface area contributed by atoms with Gasteiger partial charge in [0.15, 0.2) is 0 Å². The number of carbonyl (C=O) groups is 2. The second-order valence-electron chi connectivity index (χ2n) is 6.05. The topological polar surface area (TPSA) is 43.4 Å². The molecule has 0 spiro atoms. The average Bonchev–Trinajstić information content (AvgIpc) is 2.85. The third kappa shape index (κ3) is 1.96. The van der Waals surface area contributed by atoms with Crippen LogP contribution in [0.5, 0.6) is 5.75 Å². The molecule has 1 aromatic carbocycles. The molecule has 0 aromatic heterocycles. The van der Waals surface area contributed by atoms with Crippen LogP contribution >= 0.6 is 0 Å². The molecule has 1 aliphatic heterocycles. The molecule has 0 atom stereocenters. The summed E-state index contributed by atoms with van der Waals surface area (Å²) >= 11 is 0. The lowest BCUT2D eigenvalue weighted by Gasteiger charge is -2.26. The summed E-state index contributed by atoms with van der Waals surface area (Å²) < 4.78 is 5.74. The first-order valence-corrected chi connectivity index (χ1v) is 7.27. The van der Waals surface area contributed by atoms with E-state index >= 15 is 0 Å². The summed E-state index contributed by atoms with van der Waals surface area (Å²) in [4.78, 5) is 23.5. The van der Waals surface area contributed by atoms with E-state index in [1.165, 1.54) is 27.8 Å². The SMILES string of the molecule is Cc1c(C)c(C2CC(=O)CC(=O)C2)c(C)c2c1OCC2. The molecule has 1 aliphatic carbocycles. The Morgan fingerprint density at radius 1 is 0.950 bits per heavy atom. The Kier molecular flexibility index (Phi) is 3.15. The molecule has 3 nitrogen and oxygen atoms in total. The molecule has 20 heavy (non-hydrogen) atoms. The lowest BCUT2D eigenvalue weighted by atomic mass is 9.77. The first-order chi connectivity index (χ1) is 9.49. The van der Waals surface area contributed by atoms with Gasteiger partial charge in [-0.2, -0.15) is 0 Å². The van der Waals surface area contributed by atoms with E-state index in [4.69, 9.17) is 4.74 Å². The van der Waals surface area contributed by atoms with Gasteiger partial charge in [0.05, 0.1) is 13.0 Å². The third-order valence-corrected chi connectivity index (χ3v) is 4.79. The van der Waals surface area contributed by atoms with Crippen molar-refractivity contribution >= 4 is 11.6 Å².